The minimum Gasteiger partial charge on any atom is -0.327 e. The molecule has 0 saturated heterocycles. The van der Waals surface area contributed by atoms with E-state index >= 15 is 0 Å². The maximum absolute atomic E-state index is 5.92. The first kappa shape index (κ1) is 10.0. The third-order valence-electron chi connectivity index (χ3n) is 1.92. The topological polar surface area (TPSA) is 26.0 Å². The molecule has 1 atom stereocenters. The van der Waals surface area contributed by atoms with Gasteiger partial charge in [0.2, 0.25) is 0 Å². The van der Waals surface area contributed by atoms with Gasteiger partial charge in [-0.1, -0.05) is 25.4 Å². The quantitative estimate of drug-likeness (QED) is 0.804. The summed E-state index contributed by atoms with van der Waals surface area (Å²) < 4.78 is 0.848. The smallest absolute Gasteiger partial charge is 0.0931 e. The van der Waals surface area contributed by atoms with Crippen LogP contribution in [0.4, 0.5) is 0 Å². The average Bonchev–Trinajstić information content (AvgIpc) is 2.35. The summed E-state index contributed by atoms with van der Waals surface area (Å²) in [6, 6.07) is 4.23. The summed E-state index contributed by atoms with van der Waals surface area (Å²) in [5, 5.41) is 0. The van der Waals surface area contributed by atoms with Crippen molar-refractivity contribution in [2.45, 2.75) is 26.3 Å². The van der Waals surface area contributed by atoms with Gasteiger partial charge in [-0.2, -0.15) is 0 Å². The molecule has 12 heavy (non-hydrogen) atoms. The molecule has 0 aliphatic rings. The molecule has 68 valence electrons. The third-order valence-corrected chi connectivity index (χ3v) is 3.18. The first-order valence-corrected chi connectivity index (χ1v) is 5.29. The Bertz CT molecular complexity index is 244. The van der Waals surface area contributed by atoms with Crippen molar-refractivity contribution in [3.05, 3.63) is 21.3 Å². The van der Waals surface area contributed by atoms with E-state index in [4.69, 9.17) is 17.3 Å². The van der Waals surface area contributed by atoms with Gasteiger partial charge in [-0.25, -0.2) is 0 Å². The zero-order valence-electron chi connectivity index (χ0n) is 7.38. The first-order valence-electron chi connectivity index (χ1n) is 4.09. The zero-order valence-corrected chi connectivity index (χ0v) is 8.95. The highest BCUT2D eigenvalue weighted by molar-refractivity contribution is 7.16. The molecular weight excluding hydrogens is 190 g/mol. The summed E-state index contributed by atoms with van der Waals surface area (Å²) in [4.78, 5) is 1.28. The van der Waals surface area contributed by atoms with Crippen LogP contribution < -0.4 is 5.73 Å². The Kier molecular flexibility index (Phi) is 3.56. The van der Waals surface area contributed by atoms with Gasteiger partial charge in [0.1, 0.15) is 0 Å². The Morgan fingerprint density at radius 2 is 2.17 bits per heavy atom. The van der Waals surface area contributed by atoms with Gasteiger partial charge in [-0.3, -0.25) is 0 Å². The molecule has 1 nitrogen and oxygen atoms in total. The van der Waals surface area contributed by atoms with Crippen molar-refractivity contribution in [3.63, 3.8) is 0 Å². The fourth-order valence-corrected chi connectivity index (χ4v) is 2.09. The molecule has 0 aliphatic carbocycles. The lowest BCUT2D eigenvalue weighted by Crippen LogP contribution is -2.28. The molecule has 3 heteroatoms. The second-order valence-corrected chi connectivity index (χ2v) is 5.12. The lowest BCUT2D eigenvalue weighted by molar-refractivity contribution is 0.493. The van der Waals surface area contributed by atoms with Gasteiger partial charge in [-0.05, 0) is 24.5 Å². The van der Waals surface area contributed by atoms with Crippen LogP contribution in [0.1, 0.15) is 18.7 Å². The Morgan fingerprint density at radius 3 is 2.58 bits per heavy atom. The molecule has 1 aromatic heterocycles. The second kappa shape index (κ2) is 4.26. The van der Waals surface area contributed by atoms with E-state index in [2.05, 4.69) is 19.9 Å². The largest absolute Gasteiger partial charge is 0.327 e. The Hall–Kier alpha value is -0.0500. The monoisotopic (exact) mass is 203 g/mol. The number of hydrogen-bond donors (Lipinski definition) is 1. The van der Waals surface area contributed by atoms with Gasteiger partial charge in [0, 0.05) is 10.9 Å². The van der Waals surface area contributed by atoms with Crippen LogP contribution in [0.5, 0.6) is 0 Å². The molecule has 1 heterocycles. The summed E-state index contributed by atoms with van der Waals surface area (Å²) in [5.74, 6) is 0.533. The van der Waals surface area contributed by atoms with E-state index in [1.165, 1.54) is 4.88 Å². The number of halogens is 1. The Morgan fingerprint density at radius 1 is 1.50 bits per heavy atom. The Labute approximate surface area is 82.5 Å². The van der Waals surface area contributed by atoms with E-state index in [0.717, 1.165) is 10.8 Å². The molecule has 1 unspecified atom stereocenters. The van der Waals surface area contributed by atoms with Crippen molar-refractivity contribution in [2.75, 3.05) is 0 Å². The molecule has 0 saturated carbocycles. The van der Waals surface area contributed by atoms with Crippen LogP contribution in [0.3, 0.4) is 0 Å². The van der Waals surface area contributed by atoms with E-state index in [1.54, 1.807) is 11.3 Å². The maximum atomic E-state index is 5.92. The number of rotatable bonds is 3. The lowest BCUT2D eigenvalue weighted by Gasteiger charge is -2.13. The van der Waals surface area contributed by atoms with Gasteiger partial charge < -0.3 is 5.73 Å². The average molecular weight is 204 g/mol. The summed E-state index contributed by atoms with van der Waals surface area (Å²) in [6.07, 6.45) is 0.940. The first-order chi connectivity index (χ1) is 5.59. The lowest BCUT2D eigenvalue weighted by atomic mass is 10.0. The Balaban J connectivity index is 2.52. The van der Waals surface area contributed by atoms with Crippen molar-refractivity contribution < 1.29 is 0 Å². The molecule has 0 fully saturated rings. The van der Waals surface area contributed by atoms with Crippen molar-refractivity contribution in [1.29, 1.82) is 0 Å². The van der Waals surface area contributed by atoms with Gasteiger partial charge in [0.05, 0.1) is 4.34 Å². The van der Waals surface area contributed by atoms with Crippen LogP contribution in [0, 0.1) is 5.92 Å². The fraction of sp³-hybridized carbons (Fsp3) is 0.556. The summed E-state index contributed by atoms with van der Waals surface area (Å²) in [6.45, 7) is 4.28. The minimum absolute atomic E-state index is 0.250. The van der Waals surface area contributed by atoms with Crippen molar-refractivity contribution in [2.24, 2.45) is 11.7 Å². The van der Waals surface area contributed by atoms with Crippen LogP contribution in [-0.4, -0.2) is 6.04 Å². The van der Waals surface area contributed by atoms with Crippen LogP contribution in [0.25, 0.3) is 0 Å². The normalized spacial score (nSPS) is 13.8. The zero-order chi connectivity index (χ0) is 9.14. The summed E-state index contributed by atoms with van der Waals surface area (Å²) in [5.41, 5.74) is 5.92. The molecule has 0 amide bonds. The molecular formula is C9H14ClNS. The summed E-state index contributed by atoms with van der Waals surface area (Å²) >= 11 is 7.42. The summed E-state index contributed by atoms with van der Waals surface area (Å²) in [7, 11) is 0. The predicted molar refractivity (Wildman–Crippen MR) is 55.8 cm³/mol. The van der Waals surface area contributed by atoms with Crippen molar-refractivity contribution >= 4 is 22.9 Å². The minimum atomic E-state index is 0.250. The van der Waals surface area contributed by atoms with Crippen LogP contribution in [-0.2, 0) is 6.42 Å². The second-order valence-electron chi connectivity index (χ2n) is 3.32. The number of nitrogens with two attached hydrogens (primary N) is 1. The molecule has 0 aliphatic heterocycles. The molecule has 0 bridgehead atoms. The SMILES string of the molecule is CC(C)C(N)Cc1ccc(Cl)s1. The number of hydrogen-bond acceptors (Lipinski definition) is 2. The van der Waals surface area contributed by atoms with Crippen LogP contribution >= 0.6 is 22.9 Å². The maximum Gasteiger partial charge on any atom is 0.0931 e. The number of thiophene rings is 1. The van der Waals surface area contributed by atoms with E-state index in [1.807, 2.05) is 6.07 Å². The molecule has 0 aromatic carbocycles. The van der Waals surface area contributed by atoms with Gasteiger partial charge >= 0.3 is 0 Å². The van der Waals surface area contributed by atoms with E-state index < -0.39 is 0 Å². The molecule has 1 rings (SSSR count). The van der Waals surface area contributed by atoms with Crippen molar-refractivity contribution in [1.82, 2.24) is 0 Å². The van der Waals surface area contributed by atoms with E-state index in [-0.39, 0.29) is 6.04 Å². The van der Waals surface area contributed by atoms with Gasteiger partial charge in [0.25, 0.3) is 0 Å². The highest BCUT2D eigenvalue weighted by Gasteiger charge is 2.09. The van der Waals surface area contributed by atoms with E-state index in [0.29, 0.717) is 5.92 Å². The molecule has 0 spiro atoms. The molecule has 2 N–H and O–H groups in total. The standard InChI is InChI=1S/C9H14ClNS/c1-6(2)8(11)5-7-3-4-9(10)12-7/h3-4,6,8H,5,11H2,1-2H3. The van der Waals surface area contributed by atoms with Crippen molar-refractivity contribution in [3.8, 4) is 0 Å². The highest BCUT2D eigenvalue weighted by atomic mass is 35.5. The van der Waals surface area contributed by atoms with Gasteiger partial charge in [0.15, 0.2) is 0 Å². The van der Waals surface area contributed by atoms with Crippen LogP contribution in [0.15, 0.2) is 12.1 Å². The fourth-order valence-electron chi connectivity index (χ4n) is 0.929. The highest BCUT2D eigenvalue weighted by Crippen LogP contribution is 2.23. The van der Waals surface area contributed by atoms with E-state index in [9.17, 15) is 0 Å². The molecule has 0 radical (unpaired) electrons. The molecule has 1 aromatic rings. The predicted octanol–water partition coefficient (Wildman–Crippen LogP) is 2.93. The van der Waals surface area contributed by atoms with Crippen LogP contribution in [0.2, 0.25) is 4.34 Å². The van der Waals surface area contributed by atoms with Gasteiger partial charge in [-0.15, -0.1) is 11.3 Å². The third kappa shape index (κ3) is 2.77.